The molecule has 124 valence electrons. The van der Waals surface area contributed by atoms with Crippen LogP contribution in [0.2, 0.25) is 0 Å². The van der Waals surface area contributed by atoms with Gasteiger partial charge in [0, 0.05) is 25.4 Å². The lowest BCUT2D eigenvalue weighted by atomic mass is 10.1. The van der Waals surface area contributed by atoms with Crippen molar-refractivity contribution < 1.29 is 0 Å². The molecule has 2 heterocycles. The molecule has 0 radical (unpaired) electrons. The number of fused-ring (bicyclic) bond motifs is 1. The number of pyridine rings is 1. The number of aryl methyl sites for hydroxylation is 2. The van der Waals surface area contributed by atoms with E-state index in [0.29, 0.717) is 12.2 Å². The van der Waals surface area contributed by atoms with Crippen molar-refractivity contribution in [2.75, 3.05) is 7.05 Å². The number of hydrogen-bond acceptors (Lipinski definition) is 3. The van der Waals surface area contributed by atoms with Crippen molar-refractivity contribution in [3.05, 3.63) is 81.4 Å². The van der Waals surface area contributed by atoms with Gasteiger partial charge in [-0.2, -0.15) is 0 Å². The highest BCUT2D eigenvalue weighted by Crippen LogP contribution is 2.10. The molecule has 0 aliphatic heterocycles. The van der Waals surface area contributed by atoms with Crippen LogP contribution in [0.4, 0.5) is 0 Å². The Bertz CT molecular complexity index is 897. The van der Waals surface area contributed by atoms with E-state index in [1.165, 1.54) is 11.1 Å². The van der Waals surface area contributed by atoms with Crippen molar-refractivity contribution in [3.63, 3.8) is 0 Å². The van der Waals surface area contributed by atoms with Gasteiger partial charge < -0.3 is 0 Å². The maximum absolute atomic E-state index is 12.3. The monoisotopic (exact) mass is 321 g/mol. The standard InChI is InChI=1S/C20H23N3O/c1-4-16-6-8-17(9-7-16)13-22(3)14-18-11-20(24)23-12-15(2)5-10-19(23)21-18/h5-12H,4,13-14H2,1-3H3. The van der Waals surface area contributed by atoms with Crippen LogP contribution in [-0.2, 0) is 19.5 Å². The first-order valence-corrected chi connectivity index (χ1v) is 8.30. The molecule has 0 saturated carbocycles. The summed E-state index contributed by atoms with van der Waals surface area (Å²) in [5, 5.41) is 0. The fourth-order valence-corrected chi connectivity index (χ4v) is 2.86. The third kappa shape index (κ3) is 3.71. The third-order valence-corrected chi connectivity index (χ3v) is 4.18. The number of rotatable bonds is 5. The van der Waals surface area contributed by atoms with Gasteiger partial charge in [-0.1, -0.05) is 37.3 Å². The summed E-state index contributed by atoms with van der Waals surface area (Å²) in [5.41, 5.74) is 5.13. The number of aromatic nitrogens is 2. The highest BCUT2D eigenvalue weighted by molar-refractivity contribution is 5.39. The third-order valence-electron chi connectivity index (χ3n) is 4.18. The zero-order chi connectivity index (χ0) is 17.1. The molecule has 0 N–H and O–H groups in total. The van der Waals surface area contributed by atoms with Crippen LogP contribution in [0.25, 0.3) is 5.65 Å². The van der Waals surface area contributed by atoms with Gasteiger partial charge in [0.25, 0.3) is 5.56 Å². The van der Waals surface area contributed by atoms with E-state index in [0.717, 1.165) is 24.2 Å². The van der Waals surface area contributed by atoms with Crippen molar-refractivity contribution in [2.24, 2.45) is 0 Å². The van der Waals surface area contributed by atoms with E-state index in [1.54, 1.807) is 10.5 Å². The molecule has 3 rings (SSSR count). The van der Waals surface area contributed by atoms with Crippen LogP contribution in [0.5, 0.6) is 0 Å². The van der Waals surface area contributed by atoms with Gasteiger partial charge in [-0.3, -0.25) is 14.1 Å². The van der Waals surface area contributed by atoms with Gasteiger partial charge in [0.05, 0.1) is 5.69 Å². The Morgan fingerprint density at radius 3 is 2.46 bits per heavy atom. The van der Waals surface area contributed by atoms with Crippen LogP contribution < -0.4 is 5.56 Å². The highest BCUT2D eigenvalue weighted by Gasteiger charge is 2.07. The van der Waals surface area contributed by atoms with Crippen molar-refractivity contribution in [3.8, 4) is 0 Å². The maximum atomic E-state index is 12.3. The molecule has 24 heavy (non-hydrogen) atoms. The van der Waals surface area contributed by atoms with Crippen LogP contribution in [0.1, 0.15) is 29.3 Å². The van der Waals surface area contributed by atoms with Crippen molar-refractivity contribution in [2.45, 2.75) is 33.4 Å². The van der Waals surface area contributed by atoms with Crippen LogP contribution in [-0.4, -0.2) is 21.3 Å². The second-order valence-corrected chi connectivity index (χ2v) is 6.36. The fraction of sp³-hybridized carbons (Fsp3) is 0.300. The average molecular weight is 321 g/mol. The molecule has 0 amide bonds. The summed E-state index contributed by atoms with van der Waals surface area (Å²) in [6.07, 6.45) is 2.88. The molecule has 0 bridgehead atoms. The van der Waals surface area contributed by atoms with Crippen LogP contribution >= 0.6 is 0 Å². The van der Waals surface area contributed by atoms with Gasteiger partial charge in [-0.15, -0.1) is 0 Å². The maximum Gasteiger partial charge on any atom is 0.258 e. The number of nitrogens with zero attached hydrogens (tertiary/aromatic N) is 3. The minimum Gasteiger partial charge on any atom is -0.296 e. The topological polar surface area (TPSA) is 37.6 Å². The van der Waals surface area contributed by atoms with E-state index < -0.39 is 0 Å². The number of benzene rings is 1. The minimum absolute atomic E-state index is 0.0283. The molecule has 0 aliphatic carbocycles. The molecule has 1 aromatic carbocycles. The van der Waals surface area contributed by atoms with Crippen LogP contribution in [0, 0.1) is 6.92 Å². The Labute approximate surface area is 142 Å². The van der Waals surface area contributed by atoms with E-state index in [4.69, 9.17) is 0 Å². The molecule has 3 aromatic rings. The first-order valence-electron chi connectivity index (χ1n) is 8.30. The van der Waals surface area contributed by atoms with E-state index >= 15 is 0 Å². The first kappa shape index (κ1) is 16.4. The van der Waals surface area contributed by atoms with Crippen LogP contribution in [0.15, 0.2) is 53.5 Å². The Balaban J connectivity index is 1.76. The zero-order valence-corrected chi connectivity index (χ0v) is 14.5. The molecule has 0 spiro atoms. The fourth-order valence-electron chi connectivity index (χ4n) is 2.86. The summed E-state index contributed by atoms with van der Waals surface area (Å²) >= 11 is 0. The molecule has 0 fully saturated rings. The van der Waals surface area contributed by atoms with E-state index in [1.807, 2.05) is 32.3 Å². The van der Waals surface area contributed by atoms with E-state index in [-0.39, 0.29) is 5.56 Å². The van der Waals surface area contributed by atoms with Crippen LogP contribution in [0.3, 0.4) is 0 Å². The Hall–Kier alpha value is -2.46. The van der Waals surface area contributed by atoms with Crippen molar-refractivity contribution >= 4 is 5.65 Å². The minimum atomic E-state index is -0.0283. The normalized spacial score (nSPS) is 11.3. The predicted molar refractivity (Wildman–Crippen MR) is 97.2 cm³/mol. The lowest BCUT2D eigenvalue weighted by Gasteiger charge is -2.16. The van der Waals surface area contributed by atoms with Gasteiger partial charge in [-0.05, 0) is 43.1 Å². The lowest BCUT2D eigenvalue weighted by Crippen LogP contribution is -2.22. The molecule has 0 aliphatic rings. The Morgan fingerprint density at radius 2 is 1.75 bits per heavy atom. The average Bonchev–Trinajstić information content (AvgIpc) is 2.56. The van der Waals surface area contributed by atoms with Gasteiger partial charge in [0.2, 0.25) is 0 Å². The Kier molecular flexibility index (Phi) is 4.76. The lowest BCUT2D eigenvalue weighted by molar-refractivity contribution is 0.315. The van der Waals surface area contributed by atoms with Gasteiger partial charge in [-0.25, -0.2) is 4.98 Å². The zero-order valence-electron chi connectivity index (χ0n) is 14.5. The summed E-state index contributed by atoms with van der Waals surface area (Å²) in [5.74, 6) is 0. The molecule has 0 unspecified atom stereocenters. The molecule has 4 nitrogen and oxygen atoms in total. The quantitative estimate of drug-likeness (QED) is 0.724. The smallest absolute Gasteiger partial charge is 0.258 e. The SMILES string of the molecule is CCc1ccc(CN(C)Cc2cc(=O)n3cc(C)ccc3n2)cc1. The summed E-state index contributed by atoms with van der Waals surface area (Å²) in [6, 6.07) is 14.2. The van der Waals surface area contributed by atoms with Crippen molar-refractivity contribution in [1.29, 1.82) is 0 Å². The molecular weight excluding hydrogens is 298 g/mol. The summed E-state index contributed by atoms with van der Waals surface area (Å²) in [6.45, 7) is 5.61. The van der Waals surface area contributed by atoms with Gasteiger partial charge in [0.15, 0.2) is 0 Å². The molecule has 2 aromatic heterocycles. The van der Waals surface area contributed by atoms with Crippen molar-refractivity contribution in [1.82, 2.24) is 14.3 Å². The first-order chi connectivity index (χ1) is 11.5. The summed E-state index contributed by atoms with van der Waals surface area (Å²) in [4.78, 5) is 19.0. The molecular formula is C20H23N3O. The van der Waals surface area contributed by atoms with E-state index in [2.05, 4.69) is 41.1 Å². The summed E-state index contributed by atoms with van der Waals surface area (Å²) < 4.78 is 1.60. The summed E-state index contributed by atoms with van der Waals surface area (Å²) in [7, 11) is 2.05. The highest BCUT2D eigenvalue weighted by atomic mass is 16.1. The van der Waals surface area contributed by atoms with E-state index in [9.17, 15) is 4.79 Å². The van der Waals surface area contributed by atoms with Gasteiger partial charge >= 0.3 is 0 Å². The molecule has 0 saturated heterocycles. The Morgan fingerprint density at radius 1 is 1.04 bits per heavy atom. The van der Waals surface area contributed by atoms with Gasteiger partial charge in [0.1, 0.15) is 5.65 Å². The number of hydrogen-bond donors (Lipinski definition) is 0. The molecule has 0 atom stereocenters. The second-order valence-electron chi connectivity index (χ2n) is 6.36. The predicted octanol–water partition coefficient (Wildman–Crippen LogP) is 3.20. The molecule has 4 heteroatoms. The largest absolute Gasteiger partial charge is 0.296 e. The second kappa shape index (κ2) is 6.97.